The molecule has 86 valence electrons. The number of carbonyl (C=O) groups excluding carboxylic acids is 1. The molecule has 2 aliphatic rings. The molecule has 1 amide bonds. The van der Waals surface area contributed by atoms with E-state index in [1.54, 1.807) is 11.1 Å². The normalized spacial score (nSPS) is 18.9. The minimum atomic E-state index is -0.469. The van der Waals surface area contributed by atoms with E-state index in [9.17, 15) is 4.79 Å². The van der Waals surface area contributed by atoms with Gasteiger partial charge in [0.15, 0.2) is 0 Å². The van der Waals surface area contributed by atoms with Crippen molar-refractivity contribution in [2.75, 3.05) is 6.54 Å². The van der Waals surface area contributed by atoms with Crippen LogP contribution in [0.4, 0.5) is 4.79 Å². The minimum Gasteiger partial charge on any atom is -0.443 e. The second-order valence-electron chi connectivity index (χ2n) is 4.96. The summed E-state index contributed by atoms with van der Waals surface area (Å²) in [7, 11) is 0. The molecule has 2 rings (SSSR count). The molecule has 0 bridgehead atoms. The summed E-state index contributed by atoms with van der Waals surface area (Å²) in [6, 6.07) is 0. The van der Waals surface area contributed by atoms with Gasteiger partial charge in [-0.1, -0.05) is 6.08 Å². The number of nitrogens with zero attached hydrogens (tertiary/aromatic N) is 1. The molecule has 0 atom stereocenters. The summed E-state index contributed by atoms with van der Waals surface area (Å²) in [5.41, 5.74) is 8.02. The van der Waals surface area contributed by atoms with Gasteiger partial charge < -0.3 is 10.5 Å². The second kappa shape index (κ2) is 3.40. The lowest BCUT2D eigenvalue weighted by Gasteiger charge is -2.23. The van der Waals surface area contributed by atoms with Gasteiger partial charge in [0.25, 0.3) is 0 Å². The van der Waals surface area contributed by atoms with Gasteiger partial charge in [-0.15, -0.1) is 0 Å². The van der Waals surface area contributed by atoms with E-state index in [1.165, 1.54) is 0 Å². The third-order valence-corrected chi connectivity index (χ3v) is 2.37. The Balaban J connectivity index is 2.08. The average Bonchev–Trinajstić information content (AvgIpc) is 2.65. The first kappa shape index (κ1) is 10.8. The number of allylic oxidation sites excluding steroid dienone is 3. The number of hydrogen-bond acceptors (Lipinski definition) is 3. The number of rotatable bonds is 0. The van der Waals surface area contributed by atoms with Gasteiger partial charge in [0.05, 0.1) is 6.54 Å². The zero-order valence-corrected chi connectivity index (χ0v) is 9.78. The maximum absolute atomic E-state index is 11.8. The highest BCUT2D eigenvalue weighted by Gasteiger charge is 2.29. The maximum Gasteiger partial charge on any atom is 0.414 e. The first-order valence-electron chi connectivity index (χ1n) is 5.25. The molecule has 4 heteroatoms. The predicted molar refractivity (Wildman–Crippen MR) is 61.4 cm³/mol. The predicted octanol–water partition coefficient (Wildman–Crippen LogP) is 1.90. The van der Waals surface area contributed by atoms with E-state index in [2.05, 4.69) is 0 Å². The number of ether oxygens (including phenoxy) is 1. The first-order chi connectivity index (χ1) is 7.37. The molecule has 16 heavy (non-hydrogen) atoms. The molecule has 1 aliphatic heterocycles. The molecule has 1 heterocycles. The molecule has 0 radical (unpaired) electrons. The molecule has 0 saturated carbocycles. The summed E-state index contributed by atoms with van der Waals surface area (Å²) in [5.74, 6) is 0. The fourth-order valence-corrected chi connectivity index (χ4v) is 1.67. The highest BCUT2D eigenvalue weighted by atomic mass is 16.6. The molecular formula is C12H16N2O2. The van der Waals surface area contributed by atoms with Crippen LogP contribution in [-0.2, 0) is 4.74 Å². The van der Waals surface area contributed by atoms with Gasteiger partial charge in [-0.05, 0) is 32.4 Å². The largest absolute Gasteiger partial charge is 0.443 e. The van der Waals surface area contributed by atoms with E-state index in [0.29, 0.717) is 12.2 Å². The zero-order valence-electron chi connectivity index (χ0n) is 9.78. The van der Waals surface area contributed by atoms with Crippen molar-refractivity contribution in [3.05, 3.63) is 35.2 Å². The van der Waals surface area contributed by atoms with Crippen molar-refractivity contribution in [1.82, 2.24) is 4.90 Å². The third kappa shape index (κ3) is 1.96. The van der Waals surface area contributed by atoms with Crippen LogP contribution in [0.2, 0.25) is 0 Å². The Hall–Kier alpha value is -1.71. The molecule has 0 aromatic rings. The van der Waals surface area contributed by atoms with Crippen molar-refractivity contribution in [3.63, 3.8) is 0 Å². The standard InChI is InChI=1S/C12H16N2O2/c1-12(2,3)16-11(15)14-6-8-4-5-10(13)9(8)7-14/h4-5,7H,6,13H2,1-3H3. The first-order valence-corrected chi connectivity index (χ1v) is 5.25. The topological polar surface area (TPSA) is 55.6 Å². The summed E-state index contributed by atoms with van der Waals surface area (Å²) in [6.45, 7) is 6.09. The van der Waals surface area contributed by atoms with Crippen LogP contribution >= 0.6 is 0 Å². The summed E-state index contributed by atoms with van der Waals surface area (Å²) in [6.07, 6.45) is 5.21. The SMILES string of the molecule is CC(C)(C)OC(=O)N1C=C2C(N)=CC=C2C1. The van der Waals surface area contributed by atoms with Gasteiger partial charge in [-0.2, -0.15) is 0 Å². The lowest BCUT2D eigenvalue weighted by molar-refractivity contribution is 0.0357. The Kier molecular flexibility index (Phi) is 2.30. The Morgan fingerprint density at radius 1 is 1.44 bits per heavy atom. The summed E-state index contributed by atoms with van der Waals surface area (Å²) >= 11 is 0. The van der Waals surface area contributed by atoms with Crippen LogP contribution in [0.1, 0.15) is 20.8 Å². The fraction of sp³-hybridized carbons (Fsp3) is 0.417. The Labute approximate surface area is 95.0 Å². The van der Waals surface area contributed by atoms with Crippen molar-refractivity contribution < 1.29 is 9.53 Å². The molecule has 0 aromatic carbocycles. The van der Waals surface area contributed by atoms with Crippen LogP contribution in [0.3, 0.4) is 0 Å². The lowest BCUT2D eigenvalue weighted by atomic mass is 10.2. The number of carbonyl (C=O) groups is 1. The van der Waals surface area contributed by atoms with Crippen LogP contribution in [-0.4, -0.2) is 23.1 Å². The lowest BCUT2D eigenvalue weighted by Crippen LogP contribution is -2.32. The van der Waals surface area contributed by atoms with Crippen LogP contribution in [0.5, 0.6) is 0 Å². The quantitative estimate of drug-likeness (QED) is 0.678. The van der Waals surface area contributed by atoms with Gasteiger partial charge in [0.1, 0.15) is 5.60 Å². The zero-order chi connectivity index (χ0) is 11.9. The molecule has 0 unspecified atom stereocenters. The number of fused-ring (bicyclic) bond motifs is 1. The number of amides is 1. The molecule has 1 aliphatic carbocycles. The Morgan fingerprint density at radius 2 is 2.12 bits per heavy atom. The van der Waals surface area contributed by atoms with E-state index in [0.717, 1.165) is 11.1 Å². The Morgan fingerprint density at radius 3 is 2.69 bits per heavy atom. The van der Waals surface area contributed by atoms with Gasteiger partial charge in [0.2, 0.25) is 0 Å². The van der Waals surface area contributed by atoms with E-state index in [-0.39, 0.29) is 6.09 Å². The van der Waals surface area contributed by atoms with Crippen molar-refractivity contribution in [2.45, 2.75) is 26.4 Å². The number of hydrogen-bond donors (Lipinski definition) is 1. The molecule has 0 fully saturated rings. The Bertz CT molecular complexity index is 425. The summed E-state index contributed by atoms with van der Waals surface area (Å²) < 4.78 is 5.28. The average molecular weight is 220 g/mol. The molecule has 4 nitrogen and oxygen atoms in total. The fourth-order valence-electron chi connectivity index (χ4n) is 1.67. The molecule has 0 spiro atoms. The van der Waals surface area contributed by atoms with Crippen molar-refractivity contribution in [3.8, 4) is 0 Å². The molecular weight excluding hydrogens is 204 g/mol. The van der Waals surface area contributed by atoms with Gasteiger partial charge in [-0.3, -0.25) is 4.90 Å². The molecule has 0 aromatic heterocycles. The second-order valence-corrected chi connectivity index (χ2v) is 4.96. The van der Waals surface area contributed by atoms with E-state index in [4.69, 9.17) is 10.5 Å². The smallest absolute Gasteiger partial charge is 0.414 e. The maximum atomic E-state index is 11.8. The van der Waals surface area contributed by atoms with E-state index >= 15 is 0 Å². The number of nitrogens with two attached hydrogens (primary N) is 1. The summed E-state index contributed by atoms with van der Waals surface area (Å²) in [5, 5.41) is 0. The third-order valence-electron chi connectivity index (χ3n) is 2.37. The van der Waals surface area contributed by atoms with Crippen molar-refractivity contribution in [2.24, 2.45) is 5.73 Å². The highest BCUT2D eigenvalue weighted by molar-refractivity contribution is 5.74. The minimum absolute atomic E-state index is 0.330. The molecule has 0 saturated heterocycles. The van der Waals surface area contributed by atoms with E-state index < -0.39 is 5.60 Å². The van der Waals surface area contributed by atoms with E-state index in [1.807, 2.05) is 32.9 Å². The molecule has 2 N–H and O–H groups in total. The van der Waals surface area contributed by atoms with Gasteiger partial charge >= 0.3 is 6.09 Å². The van der Waals surface area contributed by atoms with Gasteiger partial charge in [0, 0.05) is 17.5 Å². The van der Waals surface area contributed by atoms with Crippen LogP contribution in [0.15, 0.2) is 35.2 Å². The highest BCUT2D eigenvalue weighted by Crippen LogP contribution is 2.30. The van der Waals surface area contributed by atoms with Crippen LogP contribution < -0.4 is 5.73 Å². The monoisotopic (exact) mass is 220 g/mol. The van der Waals surface area contributed by atoms with Crippen LogP contribution in [0.25, 0.3) is 0 Å². The van der Waals surface area contributed by atoms with Gasteiger partial charge in [-0.25, -0.2) is 4.79 Å². The van der Waals surface area contributed by atoms with Crippen molar-refractivity contribution >= 4 is 6.09 Å². The van der Waals surface area contributed by atoms with Crippen molar-refractivity contribution in [1.29, 1.82) is 0 Å². The van der Waals surface area contributed by atoms with Crippen LogP contribution in [0, 0.1) is 0 Å². The summed E-state index contributed by atoms with van der Waals surface area (Å²) in [4.78, 5) is 13.3.